The number of hydrogen-bond donors (Lipinski definition) is 0. The van der Waals surface area contributed by atoms with Gasteiger partial charge < -0.3 is 9.30 Å². The van der Waals surface area contributed by atoms with Gasteiger partial charge in [-0.1, -0.05) is 90.9 Å². The molecule has 0 spiro atoms. The number of nitrogens with zero attached hydrogens (tertiary/aromatic N) is 1. The second-order valence-corrected chi connectivity index (χ2v) is 8.97. The van der Waals surface area contributed by atoms with E-state index in [1.165, 1.54) is 0 Å². The number of rotatable bonds is 2. The summed E-state index contributed by atoms with van der Waals surface area (Å²) >= 11 is 0. The second-order valence-electron chi connectivity index (χ2n) is 8.97. The van der Waals surface area contributed by atoms with Gasteiger partial charge in [0.1, 0.15) is 11.5 Å². The molecule has 0 fully saturated rings. The predicted molar refractivity (Wildman–Crippen MR) is 149 cm³/mol. The molecule has 0 N–H and O–H groups in total. The summed E-state index contributed by atoms with van der Waals surface area (Å²) in [5.41, 5.74) is 5.15. The van der Waals surface area contributed by atoms with E-state index in [4.69, 9.17) is 11.6 Å². The highest BCUT2D eigenvalue weighted by Crippen LogP contribution is 2.48. The lowest BCUT2D eigenvalue weighted by Crippen LogP contribution is -1.97. The Hall–Kier alpha value is -4.82. The Morgan fingerprint density at radius 1 is 0.556 bits per heavy atom. The van der Waals surface area contributed by atoms with E-state index in [-0.39, 0.29) is 36.0 Å². The van der Waals surface area contributed by atoms with Gasteiger partial charge in [0.25, 0.3) is 0 Å². The lowest BCUT2D eigenvalue weighted by molar-refractivity contribution is 0.487. The smallest absolute Gasteiger partial charge is 0.135 e. The van der Waals surface area contributed by atoms with Gasteiger partial charge in [0.2, 0.25) is 0 Å². The van der Waals surface area contributed by atoms with Crippen LogP contribution in [0, 0.1) is 0 Å². The number of fused-ring (bicyclic) bond motifs is 5. The van der Waals surface area contributed by atoms with Crippen molar-refractivity contribution < 1.29 is 11.6 Å². The van der Waals surface area contributed by atoms with Gasteiger partial charge in [0.15, 0.2) is 0 Å². The third-order valence-electron chi connectivity index (χ3n) is 7.00. The van der Waals surface area contributed by atoms with Crippen LogP contribution in [0.3, 0.4) is 0 Å². The Labute approximate surface area is 215 Å². The zero-order chi connectivity index (χ0) is 28.0. The van der Waals surface area contributed by atoms with Crippen LogP contribution in [-0.4, -0.2) is 4.57 Å². The monoisotopic (exact) mass is 464 g/mol. The van der Waals surface area contributed by atoms with Crippen LogP contribution in [0.25, 0.3) is 60.5 Å². The molecule has 0 unspecified atom stereocenters. The molecule has 7 aromatic rings. The van der Waals surface area contributed by atoms with Gasteiger partial charge in [-0.3, -0.25) is 0 Å². The molecule has 8 rings (SSSR count). The highest BCUT2D eigenvalue weighted by Gasteiger charge is 2.21. The maximum atomic E-state index is 9.13. The largest absolute Gasteiger partial charge is 0.456 e. The highest BCUT2D eigenvalue weighted by molar-refractivity contribution is 6.13. The van der Waals surface area contributed by atoms with E-state index in [9.17, 15) is 0 Å². The van der Waals surface area contributed by atoms with Crippen molar-refractivity contribution in [1.82, 2.24) is 4.57 Å². The first-order valence-electron chi connectivity index (χ1n) is 14.4. The zero-order valence-electron chi connectivity index (χ0n) is 24.1. The number of para-hydroxylation sites is 3. The van der Waals surface area contributed by atoms with Crippen molar-refractivity contribution in [2.45, 2.75) is 0 Å². The standard InChI is InChI=1S/C34H21NO/c1-2-9-23(10-3-1)35-30-15-6-4-11-25(30)26-18-17-22(21-31(26)35)24-19-20-33-34-28(24)13-8-14-29(34)27-12-5-7-16-32(27)36-33/h1-21H/i8D,13D,14D,19D,20D. The van der Waals surface area contributed by atoms with Crippen LogP contribution in [-0.2, 0) is 0 Å². The van der Waals surface area contributed by atoms with E-state index in [0.29, 0.717) is 38.8 Å². The molecule has 0 bridgehead atoms. The highest BCUT2D eigenvalue weighted by atomic mass is 16.5. The average molecular weight is 465 g/mol. The average Bonchev–Trinajstić information content (AvgIpc) is 3.34. The van der Waals surface area contributed by atoms with Gasteiger partial charge >= 0.3 is 0 Å². The molecular weight excluding hydrogens is 438 g/mol. The summed E-state index contributed by atoms with van der Waals surface area (Å²) in [6.07, 6.45) is 0. The molecule has 2 heteroatoms. The molecule has 1 aliphatic heterocycles. The van der Waals surface area contributed by atoms with Gasteiger partial charge in [-0.25, -0.2) is 0 Å². The molecule has 1 aliphatic rings. The molecule has 2 nitrogen and oxygen atoms in total. The van der Waals surface area contributed by atoms with Crippen LogP contribution >= 0.6 is 0 Å². The minimum atomic E-state index is -0.215. The zero-order valence-corrected chi connectivity index (χ0v) is 19.1. The van der Waals surface area contributed by atoms with Crippen molar-refractivity contribution in [3.05, 3.63) is 127 Å². The molecule has 0 radical (unpaired) electrons. The summed E-state index contributed by atoms with van der Waals surface area (Å²) in [6, 6.07) is 30.9. The van der Waals surface area contributed by atoms with Gasteiger partial charge in [-0.2, -0.15) is 0 Å². The normalized spacial score (nSPS) is 14.1. The molecule has 2 heterocycles. The van der Waals surface area contributed by atoms with Gasteiger partial charge in [0, 0.05) is 27.4 Å². The van der Waals surface area contributed by atoms with Crippen LogP contribution in [0.2, 0.25) is 0 Å². The Morgan fingerprint density at radius 2 is 1.36 bits per heavy atom. The van der Waals surface area contributed by atoms with Crippen molar-refractivity contribution in [3.8, 4) is 39.4 Å². The Balaban J connectivity index is 1.52. The Bertz CT molecular complexity index is 2240. The summed E-state index contributed by atoms with van der Waals surface area (Å²) in [4.78, 5) is 0. The summed E-state index contributed by atoms with van der Waals surface area (Å²) < 4.78 is 52.9. The molecule has 168 valence electrons. The minimum absolute atomic E-state index is 0.0785. The second kappa shape index (κ2) is 7.34. The summed E-state index contributed by atoms with van der Waals surface area (Å²) in [5.74, 6) is 0.630. The molecular formula is C34H21NO. The fourth-order valence-electron chi connectivity index (χ4n) is 5.41. The quantitative estimate of drug-likeness (QED) is 0.248. The van der Waals surface area contributed by atoms with E-state index >= 15 is 0 Å². The van der Waals surface area contributed by atoms with Crippen LogP contribution in [0.15, 0.2) is 127 Å². The van der Waals surface area contributed by atoms with E-state index in [0.717, 1.165) is 27.5 Å². The first-order chi connectivity index (χ1) is 20.0. The summed E-state index contributed by atoms with van der Waals surface area (Å²) in [5, 5.41) is 2.94. The van der Waals surface area contributed by atoms with Crippen LogP contribution in [0.4, 0.5) is 0 Å². The number of benzene rings is 6. The lowest BCUT2D eigenvalue weighted by atomic mass is 9.90. The van der Waals surface area contributed by atoms with Crippen molar-refractivity contribution in [2.75, 3.05) is 0 Å². The molecule has 6 aromatic carbocycles. The third-order valence-corrected chi connectivity index (χ3v) is 7.00. The molecule has 0 aliphatic carbocycles. The lowest BCUT2D eigenvalue weighted by Gasteiger charge is -2.22. The molecule has 36 heavy (non-hydrogen) atoms. The fraction of sp³-hybridized carbons (Fsp3) is 0. The fourth-order valence-corrected chi connectivity index (χ4v) is 5.41. The summed E-state index contributed by atoms with van der Waals surface area (Å²) in [6.45, 7) is 0. The van der Waals surface area contributed by atoms with Crippen molar-refractivity contribution in [2.24, 2.45) is 0 Å². The molecule has 1 aromatic heterocycles. The van der Waals surface area contributed by atoms with E-state index in [1.807, 2.05) is 66.7 Å². The molecule has 0 saturated heterocycles. The van der Waals surface area contributed by atoms with E-state index in [2.05, 4.69) is 28.8 Å². The first-order valence-corrected chi connectivity index (χ1v) is 11.9. The van der Waals surface area contributed by atoms with Crippen molar-refractivity contribution in [3.63, 3.8) is 0 Å². The van der Waals surface area contributed by atoms with E-state index in [1.54, 1.807) is 6.07 Å². The van der Waals surface area contributed by atoms with Crippen LogP contribution in [0.5, 0.6) is 11.5 Å². The maximum absolute atomic E-state index is 9.13. The number of hydrogen-bond acceptors (Lipinski definition) is 1. The minimum Gasteiger partial charge on any atom is -0.456 e. The topological polar surface area (TPSA) is 14.2 Å². The van der Waals surface area contributed by atoms with Crippen molar-refractivity contribution in [1.29, 1.82) is 0 Å². The van der Waals surface area contributed by atoms with Crippen LogP contribution in [0.1, 0.15) is 6.85 Å². The Morgan fingerprint density at radius 3 is 2.31 bits per heavy atom. The Kier molecular flexibility index (Phi) is 3.10. The SMILES string of the molecule is [2H]c1c([2H])c2c3c(c([2H])c([2H])c(-c4ccc5c6ccccc6n(-c6ccccc6)c5c4)c3c1[2H])Oc1ccccc1-2. The summed E-state index contributed by atoms with van der Waals surface area (Å²) in [7, 11) is 0. The van der Waals surface area contributed by atoms with Gasteiger partial charge in [-0.15, -0.1) is 0 Å². The van der Waals surface area contributed by atoms with Crippen LogP contribution < -0.4 is 4.74 Å². The molecule has 0 saturated carbocycles. The van der Waals surface area contributed by atoms with Crippen molar-refractivity contribution >= 4 is 32.6 Å². The predicted octanol–water partition coefficient (Wildman–Crippen LogP) is 9.38. The number of ether oxygens (including phenoxy) is 1. The first kappa shape index (κ1) is 15.2. The number of aromatic nitrogens is 1. The molecule has 0 amide bonds. The third kappa shape index (κ3) is 2.67. The van der Waals surface area contributed by atoms with E-state index < -0.39 is 0 Å². The maximum Gasteiger partial charge on any atom is 0.135 e. The molecule has 0 atom stereocenters. The van der Waals surface area contributed by atoms with Gasteiger partial charge in [-0.05, 0) is 58.5 Å². The van der Waals surface area contributed by atoms with Gasteiger partial charge in [0.05, 0.1) is 17.9 Å².